The van der Waals surface area contributed by atoms with Crippen LogP contribution in [-0.2, 0) is 7.05 Å². The van der Waals surface area contributed by atoms with Gasteiger partial charge in [-0.3, -0.25) is 9.59 Å². The Labute approximate surface area is 136 Å². The summed E-state index contributed by atoms with van der Waals surface area (Å²) in [6.07, 6.45) is 1.55. The van der Waals surface area contributed by atoms with Gasteiger partial charge in [0.15, 0.2) is 10.8 Å². The lowest BCUT2D eigenvalue weighted by Gasteiger charge is -2.10. The fourth-order valence-electron chi connectivity index (χ4n) is 2.30. The van der Waals surface area contributed by atoms with Gasteiger partial charge in [-0.05, 0) is 18.6 Å². The van der Waals surface area contributed by atoms with Crippen molar-refractivity contribution in [1.82, 2.24) is 14.5 Å². The summed E-state index contributed by atoms with van der Waals surface area (Å²) < 4.78 is 2.55. The zero-order chi connectivity index (χ0) is 16.6. The molecule has 0 aliphatic rings. The Morgan fingerprint density at radius 2 is 1.91 bits per heavy atom. The Bertz CT molecular complexity index is 1040. The van der Waals surface area contributed by atoms with Gasteiger partial charge in [-0.2, -0.15) is 14.9 Å². The maximum atomic E-state index is 12.4. The van der Waals surface area contributed by atoms with Crippen LogP contribution in [0.5, 0.6) is 0 Å². The van der Waals surface area contributed by atoms with Crippen molar-refractivity contribution in [1.29, 1.82) is 0 Å². The average molecular weight is 329 g/mol. The van der Waals surface area contributed by atoms with Gasteiger partial charge in [-0.1, -0.05) is 41.9 Å². The highest BCUT2D eigenvalue weighted by atomic mass is 35.5. The predicted octanol–water partition coefficient (Wildman–Crippen LogP) is 1.94. The van der Waals surface area contributed by atoms with Gasteiger partial charge in [0.2, 0.25) is 5.43 Å². The van der Waals surface area contributed by atoms with Crippen molar-refractivity contribution in [3.63, 3.8) is 0 Å². The summed E-state index contributed by atoms with van der Waals surface area (Å²) in [6, 6.07) is 10.9. The minimum Gasteiger partial charge on any atom is -0.286 e. The maximum absolute atomic E-state index is 12.4. The van der Waals surface area contributed by atoms with E-state index in [-0.39, 0.29) is 10.7 Å². The number of benzene rings is 1. The lowest BCUT2D eigenvalue weighted by atomic mass is 10.2. The first-order valence-corrected chi connectivity index (χ1v) is 7.25. The van der Waals surface area contributed by atoms with E-state index in [2.05, 4.69) is 10.2 Å². The molecule has 0 unspecified atom stereocenters. The molecule has 6 nitrogen and oxygen atoms in total. The van der Waals surface area contributed by atoms with Crippen LogP contribution in [0.15, 0.2) is 51.1 Å². The quantitative estimate of drug-likeness (QED) is 0.675. The van der Waals surface area contributed by atoms with Crippen molar-refractivity contribution in [3.8, 4) is 0 Å². The number of pyridine rings is 1. The Kier molecular flexibility index (Phi) is 3.83. The monoisotopic (exact) mass is 328 g/mol. The molecule has 0 bridgehead atoms. The number of rotatable bonds is 2. The molecule has 0 radical (unpaired) electrons. The molecule has 1 aromatic carbocycles. The molecule has 0 saturated heterocycles. The lowest BCUT2D eigenvalue weighted by molar-refractivity contribution is 0.715. The molecule has 2 aromatic heterocycles. The van der Waals surface area contributed by atoms with E-state index in [1.165, 1.54) is 15.4 Å². The van der Waals surface area contributed by atoms with Gasteiger partial charge >= 0.3 is 0 Å². The largest absolute Gasteiger partial charge is 0.286 e. The first-order valence-electron chi connectivity index (χ1n) is 6.87. The van der Waals surface area contributed by atoms with E-state index in [1.54, 1.807) is 20.2 Å². The molecular formula is C16H13ClN4O2. The van der Waals surface area contributed by atoms with Crippen LogP contribution >= 0.6 is 11.6 Å². The smallest absolute Gasteiger partial charge is 0.275 e. The Morgan fingerprint density at radius 3 is 2.61 bits per heavy atom. The van der Waals surface area contributed by atoms with Crippen LogP contribution < -0.4 is 11.0 Å². The molecule has 3 rings (SSSR count). The van der Waals surface area contributed by atoms with Crippen LogP contribution in [0, 0.1) is 6.92 Å². The van der Waals surface area contributed by atoms with Crippen LogP contribution in [0.25, 0.3) is 11.0 Å². The number of aryl methyl sites for hydroxylation is 2. The molecule has 0 fully saturated rings. The Morgan fingerprint density at radius 1 is 1.22 bits per heavy atom. The molecular weight excluding hydrogens is 316 g/mol. The van der Waals surface area contributed by atoms with Crippen molar-refractivity contribution in [2.45, 2.75) is 6.92 Å². The van der Waals surface area contributed by atoms with Crippen LogP contribution in [0.1, 0.15) is 11.1 Å². The summed E-state index contributed by atoms with van der Waals surface area (Å²) in [5.74, 6) is 0. The highest BCUT2D eigenvalue weighted by Gasteiger charge is 2.14. The number of fused-ring (bicyclic) bond motifs is 1. The third-order valence-corrected chi connectivity index (χ3v) is 3.68. The van der Waals surface area contributed by atoms with Gasteiger partial charge < -0.3 is 0 Å². The van der Waals surface area contributed by atoms with E-state index < -0.39 is 5.43 Å². The fourth-order valence-corrected chi connectivity index (χ4v) is 2.52. The predicted molar refractivity (Wildman–Crippen MR) is 90.4 cm³/mol. The molecule has 23 heavy (non-hydrogen) atoms. The van der Waals surface area contributed by atoms with E-state index in [0.29, 0.717) is 16.6 Å². The topological polar surface area (TPSA) is 69.2 Å². The Hall–Kier alpha value is -2.73. The number of halogens is 1. The number of aromatic nitrogens is 3. The highest BCUT2D eigenvalue weighted by molar-refractivity contribution is 6.29. The molecule has 0 amide bonds. The molecule has 7 heteroatoms. The van der Waals surface area contributed by atoms with Crippen molar-refractivity contribution in [3.05, 3.63) is 73.3 Å². The summed E-state index contributed by atoms with van der Waals surface area (Å²) in [5, 5.41) is 8.32. The first kappa shape index (κ1) is 15.2. The van der Waals surface area contributed by atoms with Gasteiger partial charge in [0.25, 0.3) is 5.56 Å². The molecule has 3 aromatic rings. The van der Waals surface area contributed by atoms with Crippen molar-refractivity contribution < 1.29 is 0 Å². The van der Waals surface area contributed by atoms with E-state index in [0.717, 1.165) is 5.56 Å². The molecule has 0 saturated carbocycles. The summed E-state index contributed by atoms with van der Waals surface area (Å²) in [7, 11) is 1.61. The van der Waals surface area contributed by atoms with E-state index in [1.807, 2.05) is 30.3 Å². The van der Waals surface area contributed by atoms with Crippen molar-refractivity contribution in [2.24, 2.45) is 12.1 Å². The zero-order valence-electron chi connectivity index (χ0n) is 12.5. The minimum absolute atomic E-state index is 0.142. The third kappa shape index (κ3) is 2.68. The Balaban J connectivity index is 2.34. The van der Waals surface area contributed by atoms with Gasteiger partial charge in [-0.25, -0.2) is 4.68 Å². The molecule has 0 N–H and O–H groups in total. The van der Waals surface area contributed by atoms with E-state index in [4.69, 9.17) is 11.6 Å². The van der Waals surface area contributed by atoms with Crippen LogP contribution in [-0.4, -0.2) is 20.7 Å². The molecule has 0 aliphatic carbocycles. The second-order valence-electron chi connectivity index (χ2n) is 5.08. The van der Waals surface area contributed by atoms with E-state index in [9.17, 15) is 9.59 Å². The van der Waals surface area contributed by atoms with Crippen molar-refractivity contribution >= 4 is 28.8 Å². The molecule has 0 aliphatic heterocycles. The van der Waals surface area contributed by atoms with E-state index >= 15 is 0 Å². The van der Waals surface area contributed by atoms with Crippen LogP contribution in [0.4, 0.5) is 0 Å². The summed E-state index contributed by atoms with van der Waals surface area (Å²) in [5.41, 5.74) is 0.792. The third-order valence-electron chi connectivity index (χ3n) is 3.43. The van der Waals surface area contributed by atoms with Gasteiger partial charge in [0.1, 0.15) is 0 Å². The second-order valence-corrected chi connectivity index (χ2v) is 5.44. The summed E-state index contributed by atoms with van der Waals surface area (Å²) in [4.78, 5) is 24.6. The van der Waals surface area contributed by atoms with Crippen LogP contribution in [0.2, 0.25) is 5.15 Å². The molecule has 0 spiro atoms. The van der Waals surface area contributed by atoms with Gasteiger partial charge in [0, 0.05) is 12.6 Å². The minimum atomic E-state index is -0.425. The summed E-state index contributed by atoms with van der Waals surface area (Å²) in [6.45, 7) is 1.63. The summed E-state index contributed by atoms with van der Waals surface area (Å²) >= 11 is 5.84. The van der Waals surface area contributed by atoms with Gasteiger partial charge in [-0.15, -0.1) is 0 Å². The normalized spacial score (nSPS) is 11.4. The first-order chi connectivity index (χ1) is 11.0. The number of hydrogen-bond donors (Lipinski definition) is 0. The van der Waals surface area contributed by atoms with Gasteiger partial charge in [0.05, 0.1) is 11.6 Å². The average Bonchev–Trinajstić information content (AvgIpc) is 2.54. The second kappa shape index (κ2) is 5.81. The molecule has 2 heterocycles. The standard InChI is InChI=1S/C16H13ClN4O2/c1-10-8-12-13(22)14(17)19-20(2)15(12)21(16(10)23)18-9-11-6-4-3-5-7-11/h3-9H,1-2H3/b18-9+. The lowest BCUT2D eigenvalue weighted by Crippen LogP contribution is -2.25. The number of hydrogen-bond acceptors (Lipinski definition) is 4. The van der Waals surface area contributed by atoms with Crippen LogP contribution in [0.3, 0.4) is 0 Å². The zero-order valence-corrected chi connectivity index (χ0v) is 13.3. The molecule has 116 valence electrons. The number of nitrogens with zero attached hydrogens (tertiary/aromatic N) is 4. The van der Waals surface area contributed by atoms with Crippen molar-refractivity contribution in [2.75, 3.05) is 0 Å². The molecule has 0 atom stereocenters. The maximum Gasteiger partial charge on any atom is 0.275 e. The fraction of sp³-hybridized carbons (Fsp3) is 0.125. The highest BCUT2D eigenvalue weighted by Crippen LogP contribution is 2.11. The SMILES string of the molecule is Cc1cc2c(=O)c(Cl)nn(C)c2n(/N=C/c2ccccc2)c1=O.